The molecular formula is C29H30Cl2N6O5S. The Hall–Kier alpha value is -3.47. The predicted molar refractivity (Wildman–Crippen MR) is 161 cm³/mol. The number of halogens is 2. The molecule has 14 heteroatoms. The van der Waals surface area contributed by atoms with Gasteiger partial charge in [0.1, 0.15) is 11.6 Å². The zero-order valence-electron chi connectivity index (χ0n) is 23.7. The molecule has 2 atom stereocenters. The summed E-state index contributed by atoms with van der Waals surface area (Å²) in [7, 11) is -4.35. The average molecular weight is 646 g/mol. The summed E-state index contributed by atoms with van der Waals surface area (Å²) >= 11 is 12.5. The Kier molecular flexibility index (Phi) is 8.09. The topological polar surface area (TPSA) is 149 Å². The molecule has 11 nitrogen and oxygen atoms in total. The molecule has 2 aliphatic rings. The number of imidazole rings is 1. The van der Waals surface area contributed by atoms with Gasteiger partial charge in [-0.05, 0) is 69.5 Å². The normalized spacial score (nSPS) is 20.7. The third-order valence-corrected chi connectivity index (χ3v) is 9.89. The van der Waals surface area contributed by atoms with Gasteiger partial charge in [-0.2, -0.15) is 9.57 Å². The Morgan fingerprint density at radius 3 is 2.47 bits per heavy atom. The lowest BCUT2D eigenvalue weighted by Gasteiger charge is -2.29. The molecule has 5 rings (SSSR count). The fraction of sp³-hybridized carbons (Fsp3) is 0.379. The molecule has 0 aliphatic carbocycles. The van der Waals surface area contributed by atoms with E-state index in [-0.39, 0.29) is 40.5 Å². The monoisotopic (exact) mass is 644 g/mol. The molecule has 0 bridgehead atoms. The number of fused-ring (bicyclic) bond motifs is 1. The largest absolute Gasteiger partial charge is 0.389 e. The molecular weight excluding hydrogens is 615 g/mol. The molecule has 2 N–H and O–H groups in total. The van der Waals surface area contributed by atoms with Crippen LogP contribution in [0.25, 0.3) is 0 Å². The molecule has 1 aromatic heterocycles. The Labute approximate surface area is 259 Å². The van der Waals surface area contributed by atoms with Gasteiger partial charge in [0.2, 0.25) is 11.9 Å². The highest BCUT2D eigenvalue weighted by molar-refractivity contribution is 7.89. The van der Waals surface area contributed by atoms with Crippen LogP contribution in [0.5, 0.6) is 0 Å². The number of amides is 2. The van der Waals surface area contributed by atoms with Crippen molar-refractivity contribution in [3.8, 4) is 6.07 Å². The zero-order chi connectivity index (χ0) is 31.3. The van der Waals surface area contributed by atoms with Crippen molar-refractivity contribution >= 4 is 56.7 Å². The fourth-order valence-electron chi connectivity index (χ4n) is 5.54. The van der Waals surface area contributed by atoms with Crippen molar-refractivity contribution in [1.29, 1.82) is 5.26 Å². The highest BCUT2D eigenvalue weighted by Crippen LogP contribution is 2.45. The third-order valence-electron chi connectivity index (χ3n) is 7.58. The maximum atomic E-state index is 14.3. The van der Waals surface area contributed by atoms with Crippen LogP contribution in [-0.2, 0) is 31.6 Å². The molecule has 1 fully saturated rings. The van der Waals surface area contributed by atoms with Crippen LogP contribution in [0.1, 0.15) is 44.7 Å². The number of hydrogen-bond acceptors (Lipinski definition) is 7. The maximum Gasteiger partial charge on any atom is 0.261 e. The lowest BCUT2D eigenvalue weighted by Crippen LogP contribution is -2.49. The number of aromatic nitrogens is 2. The van der Waals surface area contributed by atoms with E-state index in [4.69, 9.17) is 23.2 Å². The zero-order valence-corrected chi connectivity index (χ0v) is 26.0. The molecule has 226 valence electrons. The second-order valence-corrected chi connectivity index (χ2v) is 14.3. The lowest BCUT2D eigenvalue weighted by atomic mass is 9.91. The second kappa shape index (κ2) is 11.2. The highest BCUT2D eigenvalue weighted by atomic mass is 35.5. The van der Waals surface area contributed by atoms with Gasteiger partial charge in [-0.25, -0.2) is 18.3 Å². The van der Waals surface area contributed by atoms with Crippen LogP contribution in [0.3, 0.4) is 0 Å². The Bertz CT molecular complexity index is 1730. The van der Waals surface area contributed by atoms with E-state index in [2.05, 4.69) is 16.4 Å². The summed E-state index contributed by atoms with van der Waals surface area (Å²) in [6, 6.07) is 12.3. The van der Waals surface area contributed by atoms with Crippen LogP contribution in [0.15, 0.2) is 53.7 Å². The van der Waals surface area contributed by atoms with E-state index in [0.717, 1.165) is 4.31 Å². The highest BCUT2D eigenvalue weighted by Gasteiger charge is 2.53. The van der Waals surface area contributed by atoms with Gasteiger partial charge in [-0.15, -0.1) is 0 Å². The van der Waals surface area contributed by atoms with Crippen molar-refractivity contribution in [2.24, 2.45) is 0 Å². The van der Waals surface area contributed by atoms with Gasteiger partial charge in [0.15, 0.2) is 5.03 Å². The van der Waals surface area contributed by atoms with Crippen molar-refractivity contribution in [2.75, 3.05) is 18.0 Å². The van der Waals surface area contributed by atoms with E-state index >= 15 is 0 Å². The first-order valence-electron chi connectivity index (χ1n) is 13.6. The number of anilines is 2. The van der Waals surface area contributed by atoms with Gasteiger partial charge >= 0.3 is 0 Å². The Morgan fingerprint density at radius 2 is 1.86 bits per heavy atom. The minimum Gasteiger partial charge on any atom is -0.389 e. The summed E-state index contributed by atoms with van der Waals surface area (Å²) in [6.07, 6.45) is 2.02. The number of nitrogens with one attached hydrogen (secondary N) is 1. The molecule has 0 radical (unpaired) electrons. The van der Waals surface area contributed by atoms with Crippen molar-refractivity contribution in [3.63, 3.8) is 0 Å². The van der Waals surface area contributed by atoms with E-state index in [1.165, 1.54) is 47.7 Å². The number of benzene rings is 2. The molecule has 0 saturated carbocycles. The summed E-state index contributed by atoms with van der Waals surface area (Å²) in [5.41, 5.74) is -1.21. The first-order chi connectivity index (χ1) is 20.2. The summed E-state index contributed by atoms with van der Waals surface area (Å²) in [4.78, 5) is 33.0. The number of aliphatic hydroxyl groups is 1. The molecule has 2 amide bonds. The minimum atomic E-state index is -4.35. The predicted octanol–water partition coefficient (Wildman–Crippen LogP) is 3.74. The number of nitrogens with zero attached hydrogens (tertiary/aromatic N) is 5. The van der Waals surface area contributed by atoms with Crippen LogP contribution >= 0.6 is 23.2 Å². The number of rotatable bonds is 8. The van der Waals surface area contributed by atoms with Crippen LogP contribution in [-0.4, -0.2) is 63.9 Å². The van der Waals surface area contributed by atoms with Crippen molar-refractivity contribution in [2.45, 2.75) is 62.2 Å². The van der Waals surface area contributed by atoms with Gasteiger partial charge < -0.3 is 10.4 Å². The fourth-order valence-corrected chi connectivity index (χ4v) is 7.90. The first-order valence-corrected chi connectivity index (χ1v) is 15.8. The van der Waals surface area contributed by atoms with Gasteiger partial charge in [0.25, 0.3) is 15.9 Å². The van der Waals surface area contributed by atoms with Gasteiger partial charge in [0.05, 0.1) is 29.1 Å². The lowest BCUT2D eigenvalue weighted by molar-refractivity contribution is -0.125. The minimum absolute atomic E-state index is 0.0490. The number of nitriles is 1. The first kappa shape index (κ1) is 31.0. The second-order valence-electron chi connectivity index (χ2n) is 11.6. The molecule has 43 heavy (non-hydrogen) atoms. The van der Waals surface area contributed by atoms with Gasteiger partial charge in [-0.3, -0.25) is 14.2 Å². The Balaban J connectivity index is 1.61. The van der Waals surface area contributed by atoms with E-state index < -0.39 is 39.0 Å². The molecule has 2 aliphatic heterocycles. The summed E-state index contributed by atoms with van der Waals surface area (Å²) in [5.74, 6) is -0.924. The van der Waals surface area contributed by atoms with E-state index in [1.807, 2.05) is 0 Å². The van der Waals surface area contributed by atoms with Crippen LogP contribution < -0.4 is 10.2 Å². The van der Waals surface area contributed by atoms with E-state index in [9.17, 15) is 28.4 Å². The number of carbonyl (C=O) groups excluding carboxylic acids is 2. The maximum absolute atomic E-state index is 14.3. The smallest absolute Gasteiger partial charge is 0.261 e. The quantitative estimate of drug-likeness (QED) is 0.379. The number of carbonyl (C=O) groups is 2. The SMILES string of the molecule is CC(C)(O)CNC(=O)C1CCCN1S(=O)(=O)c1cnc2n1C(C)(Cc1ccc(C#N)cc1)C(=O)N2c1cc(Cl)cc(Cl)c1. The standard InChI is InChI=1S/C29H30Cl2N6O5S/c1-28(2,40)17-34-25(38)23-5-4-10-35(23)43(41,42)24-16-33-27-36(22-12-20(30)11-21(31)13-22)26(39)29(3,37(24)27)14-18-6-8-19(15-32)9-7-18/h6-9,11-13,16,23,40H,4-5,10,14,17H2,1-3H3,(H,34,38). The van der Waals surface area contributed by atoms with Crippen LogP contribution in [0.4, 0.5) is 11.6 Å². The molecule has 1 saturated heterocycles. The Morgan fingerprint density at radius 1 is 1.21 bits per heavy atom. The summed E-state index contributed by atoms with van der Waals surface area (Å²) < 4.78 is 31.1. The molecule has 3 aromatic rings. The van der Waals surface area contributed by atoms with Crippen LogP contribution in [0, 0.1) is 11.3 Å². The number of sulfonamides is 1. The van der Waals surface area contributed by atoms with Gasteiger partial charge in [-0.1, -0.05) is 35.3 Å². The molecule has 2 aromatic carbocycles. The number of hydrogen-bond donors (Lipinski definition) is 2. The van der Waals surface area contributed by atoms with Crippen molar-refractivity contribution in [3.05, 3.63) is 69.8 Å². The molecule has 2 unspecified atom stereocenters. The third kappa shape index (κ3) is 5.75. The van der Waals surface area contributed by atoms with E-state index in [0.29, 0.717) is 29.7 Å². The van der Waals surface area contributed by atoms with E-state index in [1.54, 1.807) is 31.2 Å². The van der Waals surface area contributed by atoms with Crippen molar-refractivity contribution < 1.29 is 23.1 Å². The molecule has 3 heterocycles. The van der Waals surface area contributed by atoms with Gasteiger partial charge in [0, 0.05) is 29.6 Å². The average Bonchev–Trinajstić information content (AvgIpc) is 3.64. The molecule has 0 spiro atoms. The van der Waals surface area contributed by atoms with Crippen LogP contribution in [0.2, 0.25) is 10.0 Å². The van der Waals surface area contributed by atoms with Crippen molar-refractivity contribution in [1.82, 2.24) is 19.2 Å². The summed E-state index contributed by atoms with van der Waals surface area (Å²) in [5, 5.41) is 22.2. The summed E-state index contributed by atoms with van der Waals surface area (Å²) in [6.45, 7) is 4.75.